The predicted molar refractivity (Wildman–Crippen MR) is 65.3 cm³/mol. The Morgan fingerprint density at radius 1 is 1.38 bits per heavy atom. The molecule has 1 unspecified atom stereocenters. The van der Waals surface area contributed by atoms with Gasteiger partial charge >= 0.3 is 6.03 Å². The fourth-order valence-electron chi connectivity index (χ4n) is 2.63. The lowest BCUT2D eigenvalue weighted by Crippen LogP contribution is -2.38. The third-order valence-electron chi connectivity index (χ3n) is 3.76. The van der Waals surface area contributed by atoms with E-state index in [9.17, 15) is 4.79 Å². The van der Waals surface area contributed by atoms with Crippen LogP contribution in [-0.4, -0.2) is 42.0 Å². The van der Waals surface area contributed by atoms with E-state index in [1.165, 1.54) is 18.4 Å². The highest BCUT2D eigenvalue weighted by atomic mass is 16.2. The zero-order chi connectivity index (χ0) is 11.7. The highest BCUT2D eigenvalue weighted by Gasteiger charge is 2.31. The summed E-state index contributed by atoms with van der Waals surface area (Å²) in [5.41, 5.74) is 1.53. The molecule has 3 nitrogen and oxygen atoms in total. The molecule has 1 atom stereocenters. The van der Waals surface area contributed by atoms with Gasteiger partial charge in [-0.3, -0.25) is 0 Å². The molecule has 0 aromatic rings. The quantitative estimate of drug-likeness (QED) is 0.658. The minimum atomic E-state index is 0.200. The largest absolute Gasteiger partial charge is 0.326 e. The molecule has 90 valence electrons. The Bertz CT molecular complexity index is 309. The summed E-state index contributed by atoms with van der Waals surface area (Å²) < 4.78 is 0. The van der Waals surface area contributed by atoms with Crippen LogP contribution in [0.2, 0.25) is 0 Å². The highest BCUT2D eigenvalue weighted by Crippen LogP contribution is 2.28. The van der Waals surface area contributed by atoms with Gasteiger partial charge in [-0.05, 0) is 25.2 Å². The van der Waals surface area contributed by atoms with Crippen molar-refractivity contribution in [2.45, 2.75) is 39.2 Å². The molecular formula is C13H22N2O. The van der Waals surface area contributed by atoms with Crippen LogP contribution < -0.4 is 0 Å². The summed E-state index contributed by atoms with van der Waals surface area (Å²) in [7, 11) is 1.89. The van der Waals surface area contributed by atoms with Crippen LogP contribution in [0.3, 0.4) is 0 Å². The molecule has 0 aromatic carbocycles. The molecule has 1 aliphatic carbocycles. The molecule has 3 heteroatoms. The number of carbonyl (C=O) groups excluding carboxylic acids is 1. The Balaban J connectivity index is 2.10. The van der Waals surface area contributed by atoms with E-state index in [4.69, 9.17) is 0 Å². The van der Waals surface area contributed by atoms with E-state index in [1.807, 2.05) is 16.8 Å². The van der Waals surface area contributed by atoms with E-state index in [1.54, 1.807) is 0 Å². The maximum atomic E-state index is 11.9. The van der Waals surface area contributed by atoms with Crippen molar-refractivity contribution in [1.29, 1.82) is 0 Å². The molecule has 1 aliphatic heterocycles. The van der Waals surface area contributed by atoms with Crippen LogP contribution in [0.1, 0.15) is 33.1 Å². The number of likely N-dealkylation sites (N-methyl/N-ethyl adjacent to an activating group) is 1. The second-order valence-corrected chi connectivity index (χ2v) is 5.25. The molecule has 0 aromatic heterocycles. The van der Waals surface area contributed by atoms with Crippen molar-refractivity contribution < 1.29 is 4.79 Å². The maximum Gasteiger partial charge on any atom is 0.320 e. The molecule has 2 amide bonds. The van der Waals surface area contributed by atoms with Crippen LogP contribution in [0.25, 0.3) is 0 Å². The molecule has 0 saturated carbocycles. The second kappa shape index (κ2) is 4.48. The number of carbonyl (C=O) groups is 1. The molecule has 1 saturated heterocycles. The first-order valence-corrected chi connectivity index (χ1v) is 6.32. The molecule has 2 rings (SSSR count). The topological polar surface area (TPSA) is 23.6 Å². The fraction of sp³-hybridized carbons (Fsp3) is 0.769. The zero-order valence-corrected chi connectivity index (χ0v) is 10.6. The molecule has 0 radical (unpaired) electrons. The van der Waals surface area contributed by atoms with Gasteiger partial charge in [-0.15, -0.1) is 0 Å². The van der Waals surface area contributed by atoms with E-state index in [0.717, 1.165) is 19.5 Å². The Morgan fingerprint density at radius 2 is 2.12 bits per heavy atom. The lowest BCUT2D eigenvalue weighted by atomic mass is 9.88. The molecule has 0 spiro atoms. The molecule has 16 heavy (non-hydrogen) atoms. The third kappa shape index (κ3) is 2.08. The van der Waals surface area contributed by atoms with E-state index in [-0.39, 0.29) is 6.03 Å². The monoisotopic (exact) mass is 222 g/mol. The minimum absolute atomic E-state index is 0.200. The number of hydrogen-bond donors (Lipinski definition) is 0. The molecule has 1 heterocycles. The summed E-state index contributed by atoms with van der Waals surface area (Å²) in [6.45, 7) is 6.25. The van der Waals surface area contributed by atoms with Crippen molar-refractivity contribution >= 4 is 6.03 Å². The Kier molecular flexibility index (Phi) is 3.22. The van der Waals surface area contributed by atoms with Crippen LogP contribution in [0, 0.1) is 5.92 Å². The number of rotatable bonds is 2. The van der Waals surface area contributed by atoms with Gasteiger partial charge in [-0.25, -0.2) is 4.79 Å². The van der Waals surface area contributed by atoms with Gasteiger partial charge in [0.15, 0.2) is 0 Å². The SMILES string of the molecule is CC(C)C1=CC(N2CCN(C)C2=O)CCC1. The zero-order valence-electron chi connectivity index (χ0n) is 10.6. The van der Waals surface area contributed by atoms with Crippen molar-refractivity contribution in [3.63, 3.8) is 0 Å². The number of nitrogens with zero attached hydrogens (tertiary/aromatic N) is 2. The number of hydrogen-bond acceptors (Lipinski definition) is 1. The van der Waals surface area contributed by atoms with Crippen LogP contribution >= 0.6 is 0 Å². The first-order valence-electron chi connectivity index (χ1n) is 6.32. The molecule has 2 aliphatic rings. The lowest BCUT2D eigenvalue weighted by molar-refractivity contribution is 0.186. The molecule has 0 N–H and O–H groups in total. The Labute approximate surface area is 98.1 Å². The summed E-state index contributed by atoms with van der Waals surface area (Å²) in [6.07, 6.45) is 5.91. The first kappa shape index (κ1) is 11.5. The standard InChI is InChI=1S/C13H22N2O/c1-10(2)11-5-4-6-12(9-11)15-8-7-14(3)13(15)16/h9-10,12H,4-8H2,1-3H3. The number of urea groups is 1. The van der Waals surface area contributed by atoms with E-state index >= 15 is 0 Å². The van der Waals surface area contributed by atoms with E-state index in [2.05, 4.69) is 19.9 Å². The van der Waals surface area contributed by atoms with Gasteiger partial charge in [0.25, 0.3) is 0 Å². The fourth-order valence-corrected chi connectivity index (χ4v) is 2.63. The average Bonchev–Trinajstić information content (AvgIpc) is 2.60. The van der Waals surface area contributed by atoms with Crippen LogP contribution in [0.15, 0.2) is 11.6 Å². The van der Waals surface area contributed by atoms with Crippen molar-refractivity contribution in [3.05, 3.63) is 11.6 Å². The van der Waals surface area contributed by atoms with Crippen LogP contribution in [-0.2, 0) is 0 Å². The molecular weight excluding hydrogens is 200 g/mol. The second-order valence-electron chi connectivity index (χ2n) is 5.25. The van der Waals surface area contributed by atoms with E-state index < -0.39 is 0 Å². The predicted octanol–water partition coefficient (Wildman–Crippen LogP) is 2.49. The summed E-state index contributed by atoms with van der Waals surface area (Å²) in [6, 6.07) is 0.551. The Hall–Kier alpha value is -0.990. The summed E-state index contributed by atoms with van der Waals surface area (Å²) in [4.78, 5) is 15.7. The normalized spacial score (nSPS) is 26.6. The van der Waals surface area contributed by atoms with Crippen molar-refractivity contribution in [2.24, 2.45) is 5.92 Å². The van der Waals surface area contributed by atoms with Gasteiger partial charge in [0.2, 0.25) is 0 Å². The van der Waals surface area contributed by atoms with Gasteiger partial charge in [0, 0.05) is 20.1 Å². The van der Waals surface area contributed by atoms with Gasteiger partial charge in [0.1, 0.15) is 0 Å². The Morgan fingerprint density at radius 3 is 2.69 bits per heavy atom. The van der Waals surface area contributed by atoms with Crippen LogP contribution in [0.5, 0.6) is 0 Å². The number of amides is 2. The summed E-state index contributed by atoms with van der Waals surface area (Å²) in [5.74, 6) is 0.623. The van der Waals surface area contributed by atoms with Crippen molar-refractivity contribution in [1.82, 2.24) is 9.80 Å². The number of allylic oxidation sites excluding steroid dienone is 1. The lowest BCUT2D eigenvalue weighted by Gasteiger charge is -2.30. The van der Waals surface area contributed by atoms with Gasteiger partial charge in [-0.1, -0.05) is 25.5 Å². The van der Waals surface area contributed by atoms with Crippen molar-refractivity contribution in [2.75, 3.05) is 20.1 Å². The first-order chi connectivity index (χ1) is 7.59. The van der Waals surface area contributed by atoms with Gasteiger partial charge < -0.3 is 9.80 Å². The maximum absolute atomic E-state index is 11.9. The van der Waals surface area contributed by atoms with Gasteiger partial charge in [-0.2, -0.15) is 0 Å². The highest BCUT2D eigenvalue weighted by molar-refractivity contribution is 5.76. The smallest absolute Gasteiger partial charge is 0.320 e. The summed E-state index contributed by atoms with van der Waals surface area (Å²) >= 11 is 0. The van der Waals surface area contributed by atoms with Crippen LogP contribution in [0.4, 0.5) is 4.79 Å². The van der Waals surface area contributed by atoms with Crippen molar-refractivity contribution in [3.8, 4) is 0 Å². The van der Waals surface area contributed by atoms with E-state index in [0.29, 0.717) is 12.0 Å². The molecule has 1 fully saturated rings. The average molecular weight is 222 g/mol. The molecule has 0 bridgehead atoms. The minimum Gasteiger partial charge on any atom is -0.326 e. The summed E-state index contributed by atoms with van der Waals surface area (Å²) in [5, 5.41) is 0. The third-order valence-corrected chi connectivity index (χ3v) is 3.76. The van der Waals surface area contributed by atoms with Gasteiger partial charge in [0.05, 0.1) is 6.04 Å².